The zero-order valence-corrected chi connectivity index (χ0v) is 14.2. The molecule has 3 rings (SSSR count). The van der Waals surface area contributed by atoms with Gasteiger partial charge in [-0.15, -0.1) is 0 Å². The van der Waals surface area contributed by atoms with Crippen molar-refractivity contribution in [1.82, 2.24) is 24.5 Å². The maximum atomic E-state index is 12.8. The first-order valence-electron chi connectivity index (χ1n) is 7.62. The lowest BCUT2D eigenvalue weighted by Gasteiger charge is -2.27. The highest BCUT2D eigenvalue weighted by atomic mass is 35.5. The molecule has 1 aliphatic heterocycles. The molecule has 1 amide bonds. The number of carboxylic acid groups (broad SMARTS) is 1. The Morgan fingerprint density at radius 1 is 1.33 bits per heavy atom. The van der Waals surface area contributed by atoms with Gasteiger partial charge in [0.05, 0.1) is 41.6 Å². The first-order chi connectivity index (χ1) is 11.4. The largest absolute Gasteiger partial charge is 0.481 e. The normalized spacial score (nSPS) is 13.9. The minimum Gasteiger partial charge on any atom is -0.481 e. The summed E-state index contributed by atoms with van der Waals surface area (Å²) >= 11 is 6.20. The quantitative estimate of drug-likeness (QED) is 0.894. The number of carbonyl (C=O) groups excluding carboxylic acids is 1. The lowest BCUT2D eigenvalue weighted by Crippen LogP contribution is -2.39. The van der Waals surface area contributed by atoms with Crippen molar-refractivity contribution >= 4 is 23.5 Å². The number of carbonyl (C=O) groups is 2. The van der Waals surface area contributed by atoms with E-state index in [-0.39, 0.29) is 12.3 Å². The van der Waals surface area contributed by atoms with Crippen LogP contribution in [0.25, 0.3) is 0 Å². The molecule has 0 unspecified atom stereocenters. The molecule has 0 aliphatic carbocycles. The molecule has 24 heavy (non-hydrogen) atoms. The molecule has 2 aromatic rings. The van der Waals surface area contributed by atoms with Gasteiger partial charge in [0.2, 0.25) is 0 Å². The molecule has 0 atom stereocenters. The van der Waals surface area contributed by atoms with Crippen molar-refractivity contribution in [2.24, 2.45) is 7.05 Å². The maximum Gasteiger partial charge on any atom is 0.303 e. The molecular weight excluding hydrogens is 334 g/mol. The summed E-state index contributed by atoms with van der Waals surface area (Å²) in [5.41, 5.74) is 2.63. The summed E-state index contributed by atoms with van der Waals surface area (Å²) in [5.74, 6) is -1.01. The van der Waals surface area contributed by atoms with Gasteiger partial charge < -0.3 is 10.0 Å². The first kappa shape index (κ1) is 16.5. The molecule has 0 saturated carbocycles. The van der Waals surface area contributed by atoms with Gasteiger partial charge in [0.1, 0.15) is 5.69 Å². The van der Waals surface area contributed by atoms with Gasteiger partial charge in [-0.3, -0.25) is 19.0 Å². The van der Waals surface area contributed by atoms with Gasteiger partial charge in [0.15, 0.2) is 0 Å². The Hall–Kier alpha value is -2.35. The smallest absolute Gasteiger partial charge is 0.303 e. The van der Waals surface area contributed by atoms with Gasteiger partial charge in [-0.1, -0.05) is 11.6 Å². The molecule has 0 radical (unpaired) electrons. The van der Waals surface area contributed by atoms with Crippen molar-refractivity contribution in [3.8, 4) is 0 Å². The molecule has 0 fully saturated rings. The van der Waals surface area contributed by atoms with Crippen LogP contribution in [0.15, 0.2) is 6.07 Å². The number of amides is 1. The van der Waals surface area contributed by atoms with Gasteiger partial charge in [-0.2, -0.15) is 10.2 Å². The number of aryl methyl sites for hydroxylation is 3. The van der Waals surface area contributed by atoms with E-state index >= 15 is 0 Å². The fourth-order valence-electron chi connectivity index (χ4n) is 2.87. The van der Waals surface area contributed by atoms with Gasteiger partial charge in [0.25, 0.3) is 5.91 Å². The molecule has 8 nitrogen and oxygen atoms in total. The lowest BCUT2D eigenvalue weighted by molar-refractivity contribution is -0.136. The number of hydrogen-bond donors (Lipinski definition) is 1. The number of rotatable bonds is 4. The molecular formula is C15H18ClN5O3. The predicted molar refractivity (Wildman–Crippen MR) is 85.9 cm³/mol. The predicted octanol–water partition coefficient (Wildman–Crippen LogP) is 1.25. The second-order valence-corrected chi connectivity index (χ2v) is 6.22. The monoisotopic (exact) mass is 351 g/mol. The van der Waals surface area contributed by atoms with Crippen LogP contribution in [0.2, 0.25) is 5.02 Å². The average Bonchev–Trinajstić information content (AvgIpc) is 3.04. The van der Waals surface area contributed by atoms with E-state index < -0.39 is 5.97 Å². The van der Waals surface area contributed by atoms with Gasteiger partial charge >= 0.3 is 5.97 Å². The molecule has 0 bridgehead atoms. The van der Waals surface area contributed by atoms with E-state index in [0.29, 0.717) is 42.5 Å². The van der Waals surface area contributed by atoms with Crippen LogP contribution in [0, 0.1) is 6.92 Å². The molecule has 1 N–H and O–H groups in total. The van der Waals surface area contributed by atoms with Crippen molar-refractivity contribution in [3.63, 3.8) is 0 Å². The fraction of sp³-hybridized carbons (Fsp3) is 0.467. The Labute approximate surface area is 143 Å². The number of aromatic nitrogens is 4. The van der Waals surface area contributed by atoms with Crippen LogP contribution in [0.5, 0.6) is 0 Å². The maximum absolute atomic E-state index is 12.8. The third-order valence-electron chi connectivity index (χ3n) is 4.08. The number of halogens is 1. The van der Waals surface area contributed by atoms with E-state index in [1.54, 1.807) is 18.9 Å². The summed E-state index contributed by atoms with van der Waals surface area (Å²) in [6.45, 7) is 3.27. The third kappa shape index (κ3) is 3.01. The molecule has 2 aromatic heterocycles. The van der Waals surface area contributed by atoms with E-state index in [1.807, 2.05) is 10.7 Å². The van der Waals surface area contributed by atoms with Crippen LogP contribution in [-0.4, -0.2) is 48.0 Å². The van der Waals surface area contributed by atoms with E-state index in [9.17, 15) is 9.59 Å². The number of carboxylic acids is 1. The number of hydrogen-bond acceptors (Lipinski definition) is 4. The van der Waals surface area contributed by atoms with Gasteiger partial charge in [-0.25, -0.2) is 0 Å². The highest BCUT2D eigenvalue weighted by molar-refractivity contribution is 6.34. The van der Waals surface area contributed by atoms with Gasteiger partial charge in [-0.05, 0) is 13.0 Å². The summed E-state index contributed by atoms with van der Waals surface area (Å²) < 4.78 is 3.33. The second kappa shape index (κ2) is 6.27. The average molecular weight is 352 g/mol. The third-order valence-corrected chi connectivity index (χ3v) is 4.53. The molecule has 3 heterocycles. The summed E-state index contributed by atoms with van der Waals surface area (Å²) in [7, 11) is 1.70. The summed E-state index contributed by atoms with van der Waals surface area (Å²) in [6.07, 6.45) is 0.430. The Kier molecular flexibility index (Phi) is 4.31. The Morgan fingerprint density at radius 3 is 2.71 bits per heavy atom. The van der Waals surface area contributed by atoms with E-state index in [1.165, 1.54) is 4.68 Å². The molecule has 0 saturated heterocycles. The lowest BCUT2D eigenvalue weighted by atomic mass is 10.2. The standard InChI is InChI=1S/C15H18ClN5O3/c1-9-13(16)14(19(2)17-9)15(24)20-5-6-21-11(8-20)7-10(18-21)3-4-12(22)23/h7H,3-6,8H2,1-2H3,(H,22,23). The van der Waals surface area contributed by atoms with Crippen molar-refractivity contribution in [3.05, 3.63) is 33.9 Å². The molecule has 9 heteroatoms. The van der Waals surface area contributed by atoms with Crippen molar-refractivity contribution in [2.45, 2.75) is 32.9 Å². The summed E-state index contributed by atoms with van der Waals surface area (Å²) in [6, 6.07) is 1.86. The van der Waals surface area contributed by atoms with E-state index in [4.69, 9.17) is 16.7 Å². The van der Waals surface area contributed by atoms with E-state index in [0.717, 1.165) is 11.4 Å². The number of nitrogens with zero attached hydrogens (tertiary/aromatic N) is 5. The zero-order chi connectivity index (χ0) is 17.4. The molecule has 0 aromatic carbocycles. The number of aliphatic carboxylic acids is 1. The summed E-state index contributed by atoms with van der Waals surface area (Å²) in [4.78, 5) is 25.1. The topological polar surface area (TPSA) is 93.3 Å². The minimum atomic E-state index is -0.848. The summed E-state index contributed by atoms with van der Waals surface area (Å²) in [5, 5.41) is 17.7. The van der Waals surface area contributed by atoms with Crippen LogP contribution in [0.3, 0.4) is 0 Å². The SMILES string of the molecule is Cc1nn(C)c(C(=O)N2CCn3nc(CCC(=O)O)cc3C2)c1Cl. The van der Waals surface area contributed by atoms with Crippen LogP contribution < -0.4 is 0 Å². The highest BCUT2D eigenvalue weighted by Crippen LogP contribution is 2.23. The molecule has 1 aliphatic rings. The molecule has 128 valence electrons. The zero-order valence-electron chi connectivity index (χ0n) is 13.5. The van der Waals surface area contributed by atoms with Crippen LogP contribution in [0.4, 0.5) is 0 Å². The second-order valence-electron chi connectivity index (χ2n) is 5.84. The first-order valence-corrected chi connectivity index (χ1v) is 8.00. The Morgan fingerprint density at radius 2 is 2.08 bits per heavy atom. The Bertz CT molecular complexity index is 810. The van der Waals surface area contributed by atoms with Crippen molar-refractivity contribution < 1.29 is 14.7 Å². The van der Waals surface area contributed by atoms with Crippen molar-refractivity contribution in [2.75, 3.05) is 6.54 Å². The van der Waals surface area contributed by atoms with Crippen LogP contribution in [0.1, 0.15) is 34.0 Å². The fourth-order valence-corrected chi connectivity index (χ4v) is 3.11. The Balaban J connectivity index is 1.77. The minimum absolute atomic E-state index is 0.0446. The highest BCUT2D eigenvalue weighted by Gasteiger charge is 2.27. The van der Waals surface area contributed by atoms with Crippen LogP contribution in [-0.2, 0) is 31.4 Å². The van der Waals surface area contributed by atoms with Crippen LogP contribution >= 0.6 is 11.6 Å². The molecule has 0 spiro atoms. The van der Waals surface area contributed by atoms with Gasteiger partial charge in [0, 0.05) is 20.0 Å². The van der Waals surface area contributed by atoms with Crippen molar-refractivity contribution in [1.29, 1.82) is 0 Å². The van der Waals surface area contributed by atoms with E-state index in [2.05, 4.69) is 10.2 Å². The number of fused-ring (bicyclic) bond motifs is 1.